The van der Waals surface area contributed by atoms with Crippen molar-refractivity contribution in [3.63, 3.8) is 0 Å². The number of pyridine rings is 1. The average Bonchev–Trinajstić information content (AvgIpc) is 2.79. The van der Waals surface area contributed by atoms with E-state index in [1.807, 2.05) is 42.5 Å². The summed E-state index contributed by atoms with van der Waals surface area (Å²) < 4.78 is 1.66. The van der Waals surface area contributed by atoms with Crippen molar-refractivity contribution in [2.24, 2.45) is 0 Å². The summed E-state index contributed by atoms with van der Waals surface area (Å²) in [5.74, 6) is 0.261. The lowest BCUT2D eigenvalue weighted by molar-refractivity contribution is 0.102. The highest BCUT2D eigenvalue weighted by Crippen LogP contribution is 2.22. The Morgan fingerprint density at radius 2 is 1.80 bits per heavy atom. The molecule has 150 valence electrons. The van der Waals surface area contributed by atoms with Gasteiger partial charge in [-0.05, 0) is 48.4 Å². The summed E-state index contributed by atoms with van der Waals surface area (Å²) in [4.78, 5) is 33.8. The maximum absolute atomic E-state index is 12.8. The molecular weight excluding hydrogens is 376 g/mol. The van der Waals surface area contributed by atoms with Crippen LogP contribution in [0.15, 0.2) is 78.0 Å². The molecule has 30 heavy (non-hydrogen) atoms. The van der Waals surface area contributed by atoms with E-state index < -0.39 is 0 Å². The Kier molecular flexibility index (Phi) is 5.66. The lowest BCUT2D eigenvalue weighted by Crippen LogP contribution is -2.20. The summed E-state index contributed by atoms with van der Waals surface area (Å²) in [7, 11) is 0. The van der Waals surface area contributed by atoms with Crippen molar-refractivity contribution in [2.45, 2.75) is 26.3 Å². The third kappa shape index (κ3) is 4.12. The number of nitrogens with zero attached hydrogens (tertiary/aromatic N) is 3. The van der Waals surface area contributed by atoms with E-state index in [9.17, 15) is 9.59 Å². The van der Waals surface area contributed by atoms with Gasteiger partial charge in [0.15, 0.2) is 0 Å². The van der Waals surface area contributed by atoms with Gasteiger partial charge in [0.25, 0.3) is 11.5 Å². The van der Waals surface area contributed by atoms with Crippen molar-refractivity contribution in [3.8, 4) is 11.1 Å². The quantitative estimate of drug-likeness (QED) is 0.518. The van der Waals surface area contributed by atoms with Crippen LogP contribution in [0.2, 0.25) is 0 Å². The Morgan fingerprint density at radius 3 is 2.53 bits per heavy atom. The molecule has 1 N–H and O–H groups in total. The fourth-order valence-electron chi connectivity index (χ4n) is 3.24. The van der Waals surface area contributed by atoms with Gasteiger partial charge in [0.2, 0.25) is 0 Å². The summed E-state index contributed by atoms with van der Waals surface area (Å²) >= 11 is 0. The highest BCUT2D eigenvalue weighted by molar-refractivity contribution is 6.03. The van der Waals surface area contributed by atoms with Crippen molar-refractivity contribution in [2.75, 3.05) is 5.32 Å². The van der Waals surface area contributed by atoms with Gasteiger partial charge in [-0.25, -0.2) is 9.97 Å². The molecule has 0 saturated carbocycles. The number of carbonyl (C=O) groups excluding carboxylic acids is 1. The largest absolute Gasteiger partial charge is 0.307 e. The van der Waals surface area contributed by atoms with Crippen LogP contribution in [0.25, 0.3) is 22.0 Å². The smallest absolute Gasteiger partial charge is 0.261 e. The fraction of sp³-hybridized carbons (Fsp3) is 0.167. The second-order valence-corrected chi connectivity index (χ2v) is 7.08. The first-order valence-corrected chi connectivity index (χ1v) is 9.98. The molecule has 0 aliphatic rings. The third-order valence-corrected chi connectivity index (χ3v) is 4.95. The number of unbranched alkanes of at least 4 members (excludes halogenated alkanes) is 1. The molecule has 2 aromatic heterocycles. The lowest BCUT2D eigenvalue weighted by Gasteiger charge is -2.08. The third-order valence-electron chi connectivity index (χ3n) is 4.95. The monoisotopic (exact) mass is 398 g/mol. The van der Waals surface area contributed by atoms with Crippen molar-refractivity contribution in [3.05, 3.63) is 89.1 Å². The number of aromatic nitrogens is 3. The number of aryl methyl sites for hydroxylation is 1. The Morgan fingerprint density at radius 1 is 1.00 bits per heavy atom. The number of rotatable bonds is 6. The zero-order valence-electron chi connectivity index (χ0n) is 16.7. The molecule has 6 nitrogen and oxygen atoms in total. The van der Waals surface area contributed by atoms with Crippen LogP contribution in [0.1, 0.15) is 30.1 Å². The normalized spacial score (nSPS) is 10.8. The molecule has 2 aromatic carbocycles. The molecule has 0 atom stereocenters. The predicted molar refractivity (Wildman–Crippen MR) is 119 cm³/mol. The molecule has 0 saturated heterocycles. The number of hydrogen-bond acceptors (Lipinski definition) is 4. The molecule has 4 aromatic rings. The number of fused-ring (bicyclic) bond motifs is 1. The summed E-state index contributed by atoms with van der Waals surface area (Å²) in [6.07, 6.45) is 5.26. The zero-order chi connectivity index (χ0) is 20.9. The number of benzene rings is 2. The van der Waals surface area contributed by atoms with Crippen LogP contribution in [0.4, 0.5) is 5.82 Å². The van der Waals surface area contributed by atoms with Crippen molar-refractivity contribution in [1.82, 2.24) is 14.5 Å². The van der Waals surface area contributed by atoms with Crippen molar-refractivity contribution in [1.29, 1.82) is 0 Å². The summed E-state index contributed by atoms with van der Waals surface area (Å²) in [6.45, 7) is 2.76. The van der Waals surface area contributed by atoms with E-state index in [4.69, 9.17) is 0 Å². The zero-order valence-corrected chi connectivity index (χ0v) is 16.7. The minimum atomic E-state index is -0.208. The molecule has 0 spiro atoms. The van der Waals surface area contributed by atoms with Gasteiger partial charge in [-0.3, -0.25) is 14.2 Å². The maximum Gasteiger partial charge on any atom is 0.261 e. The van der Waals surface area contributed by atoms with E-state index in [-0.39, 0.29) is 11.5 Å². The second-order valence-electron chi connectivity index (χ2n) is 7.08. The van der Waals surface area contributed by atoms with Gasteiger partial charge in [0, 0.05) is 23.9 Å². The SMILES string of the molecule is CCCCn1cnc2ccc(-c3ccc(NC(=O)c4ccccc4)nc3)cc2c1=O. The standard InChI is InChI=1S/C24H22N4O2/c1-2-3-13-28-16-26-21-11-9-18(14-20(21)24(28)30)19-10-12-22(25-15-19)27-23(29)17-7-5-4-6-8-17/h4-12,14-16H,2-3,13H2,1H3,(H,25,27,29). The lowest BCUT2D eigenvalue weighted by atomic mass is 10.1. The van der Waals surface area contributed by atoms with E-state index in [1.54, 1.807) is 35.3 Å². The van der Waals surface area contributed by atoms with E-state index in [0.717, 1.165) is 24.0 Å². The number of hydrogen-bond donors (Lipinski definition) is 1. The van der Waals surface area contributed by atoms with E-state index in [0.29, 0.717) is 28.8 Å². The van der Waals surface area contributed by atoms with Gasteiger partial charge in [0.05, 0.1) is 17.2 Å². The predicted octanol–water partition coefficient (Wildman–Crippen LogP) is 4.51. The van der Waals surface area contributed by atoms with Gasteiger partial charge in [-0.1, -0.05) is 37.6 Å². The molecular formula is C24H22N4O2. The first kappa shape index (κ1) is 19.5. The number of carbonyl (C=O) groups is 1. The van der Waals surface area contributed by atoms with Crippen LogP contribution >= 0.6 is 0 Å². The van der Waals surface area contributed by atoms with E-state index >= 15 is 0 Å². The van der Waals surface area contributed by atoms with Crippen molar-refractivity contribution < 1.29 is 4.79 Å². The molecule has 0 aliphatic carbocycles. The Bertz CT molecular complexity index is 1230. The number of anilines is 1. The summed E-state index contributed by atoms with van der Waals surface area (Å²) in [5.41, 5.74) is 2.96. The van der Waals surface area contributed by atoms with E-state index in [2.05, 4.69) is 22.2 Å². The van der Waals surface area contributed by atoms with Crippen LogP contribution in [0.3, 0.4) is 0 Å². The first-order valence-electron chi connectivity index (χ1n) is 9.98. The van der Waals surface area contributed by atoms with E-state index in [1.165, 1.54) is 0 Å². The fourth-order valence-corrected chi connectivity index (χ4v) is 3.24. The van der Waals surface area contributed by atoms with Crippen LogP contribution < -0.4 is 10.9 Å². The molecule has 0 radical (unpaired) electrons. The molecule has 6 heteroatoms. The molecule has 1 amide bonds. The molecule has 0 bridgehead atoms. The highest BCUT2D eigenvalue weighted by atomic mass is 16.1. The molecule has 2 heterocycles. The number of amides is 1. The Labute approximate surface area is 174 Å². The molecule has 0 unspecified atom stereocenters. The van der Waals surface area contributed by atoms with Gasteiger partial charge >= 0.3 is 0 Å². The van der Waals surface area contributed by atoms with Gasteiger partial charge in [-0.2, -0.15) is 0 Å². The Balaban J connectivity index is 1.58. The second kappa shape index (κ2) is 8.69. The van der Waals surface area contributed by atoms with Gasteiger partial charge in [-0.15, -0.1) is 0 Å². The van der Waals surface area contributed by atoms with Crippen LogP contribution in [-0.2, 0) is 6.54 Å². The molecule has 0 aliphatic heterocycles. The average molecular weight is 398 g/mol. The maximum atomic E-state index is 12.8. The van der Waals surface area contributed by atoms with Crippen molar-refractivity contribution >= 4 is 22.6 Å². The van der Waals surface area contributed by atoms with Gasteiger partial charge in [0.1, 0.15) is 5.82 Å². The van der Waals surface area contributed by atoms with Gasteiger partial charge < -0.3 is 5.32 Å². The topological polar surface area (TPSA) is 76.9 Å². The number of nitrogens with one attached hydrogen (secondary N) is 1. The first-order chi connectivity index (χ1) is 14.7. The summed E-state index contributed by atoms with van der Waals surface area (Å²) in [5, 5.41) is 3.38. The van der Waals surface area contributed by atoms with Crippen LogP contribution in [0, 0.1) is 0 Å². The minimum Gasteiger partial charge on any atom is -0.307 e. The van der Waals surface area contributed by atoms with Crippen LogP contribution in [0.5, 0.6) is 0 Å². The Hall–Kier alpha value is -3.80. The molecule has 4 rings (SSSR count). The highest BCUT2D eigenvalue weighted by Gasteiger charge is 2.09. The van der Waals surface area contributed by atoms with Crippen LogP contribution in [-0.4, -0.2) is 20.4 Å². The summed E-state index contributed by atoms with van der Waals surface area (Å²) in [6, 6.07) is 18.2. The minimum absolute atomic E-state index is 0.0324. The molecule has 0 fully saturated rings.